The van der Waals surface area contributed by atoms with Gasteiger partial charge in [-0.15, -0.1) is 11.3 Å². The number of amides is 2. The molecule has 0 radical (unpaired) electrons. The van der Waals surface area contributed by atoms with Crippen molar-refractivity contribution in [2.75, 3.05) is 18.4 Å². The molecule has 0 saturated heterocycles. The number of hydrogen-bond donors (Lipinski definition) is 3. The van der Waals surface area contributed by atoms with Crippen molar-refractivity contribution in [1.29, 1.82) is 0 Å². The van der Waals surface area contributed by atoms with Crippen LogP contribution in [-0.2, 0) is 0 Å². The van der Waals surface area contributed by atoms with E-state index in [4.69, 9.17) is 0 Å². The van der Waals surface area contributed by atoms with Crippen LogP contribution in [0.4, 0.5) is 10.5 Å². The van der Waals surface area contributed by atoms with E-state index < -0.39 is 16.4 Å². The largest absolute Gasteiger partial charge is 0.393 e. The van der Waals surface area contributed by atoms with Gasteiger partial charge < -0.3 is 20.4 Å². The molecule has 6 nitrogen and oxygen atoms in total. The Morgan fingerprint density at radius 3 is 2.40 bits per heavy atom. The number of rotatable bonds is 7. The van der Waals surface area contributed by atoms with Crippen molar-refractivity contribution in [3.8, 4) is 0 Å². The van der Waals surface area contributed by atoms with Gasteiger partial charge in [-0.1, -0.05) is 57.2 Å². The van der Waals surface area contributed by atoms with Gasteiger partial charge in [-0.05, 0) is 99.8 Å². The molecule has 8 unspecified atom stereocenters. The standard InChI is InChI=1S/C38H48N2O4S/c1-5-21-40(33(43)39-26-9-7-6-8-10-26)24-37(44)18-15-31-35(37,4)17-14-30-34(3)16-13-27(41)22-36(34)19-20-38(30,31)28(23-36)32(42)29-12-11-25(2)45-29/h6-12,19-20,23,27,30-31,41,44H,5,13-18,21-22,24H2,1-4H3,(H,39,43). The number of para-hydroxylation sites is 1. The summed E-state index contributed by atoms with van der Waals surface area (Å²) < 4.78 is 0. The lowest BCUT2D eigenvalue weighted by atomic mass is 9.32. The molecule has 3 N–H and O–H groups in total. The minimum absolute atomic E-state index is 0.0592. The third-order valence-electron chi connectivity index (χ3n) is 13.2. The van der Waals surface area contributed by atoms with Gasteiger partial charge in [0.1, 0.15) is 0 Å². The molecule has 3 fully saturated rings. The van der Waals surface area contributed by atoms with E-state index in [0.717, 1.165) is 59.5 Å². The fraction of sp³-hybridized carbons (Fsp3) is 0.579. The van der Waals surface area contributed by atoms with E-state index >= 15 is 0 Å². The summed E-state index contributed by atoms with van der Waals surface area (Å²) >= 11 is 1.56. The molecule has 1 aromatic carbocycles. The number of aliphatic hydroxyl groups is 2. The van der Waals surface area contributed by atoms with Gasteiger partial charge in [0, 0.05) is 38.9 Å². The van der Waals surface area contributed by atoms with Crippen LogP contribution < -0.4 is 5.32 Å². The highest BCUT2D eigenvalue weighted by molar-refractivity contribution is 7.14. The summed E-state index contributed by atoms with van der Waals surface area (Å²) in [5.41, 5.74) is -0.848. The fourth-order valence-corrected chi connectivity index (χ4v) is 11.7. The molecule has 45 heavy (non-hydrogen) atoms. The molecular formula is C38H48N2O4S. The molecule has 2 aromatic rings. The van der Waals surface area contributed by atoms with Crippen LogP contribution in [0, 0.1) is 40.4 Å². The number of Topliss-reactive ketones (excluding diaryl/α,β-unsaturated/α-hetero) is 1. The molecule has 8 rings (SSSR count). The topological polar surface area (TPSA) is 89.9 Å². The van der Waals surface area contributed by atoms with Gasteiger partial charge in [0.15, 0.2) is 5.78 Å². The van der Waals surface area contributed by atoms with Crippen LogP contribution in [0.15, 0.2) is 66.3 Å². The number of hydrogen-bond acceptors (Lipinski definition) is 5. The van der Waals surface area contributed by atoms with E-state index in [9.17, 15) is 19.8 Å². The lowest BCUT2D eigenvalue weighted by Crippen LogP contribution is -2.67. The lowest BCUT2D eigenvalue weighted by molar-refractivity contribution is -0.174. The predicted molar refractivity (Wildman–Crippen MR) is 179 cm³/mol. The predicted octanol–water partition coefficient (Wildman–Crippen LogP) is 7.77. The number of nitrogens with one attached hydrogen (secondary N) is 1. The first kappa shape index (κ1) is 30.9. The second kappa shape index (κ2) is 10.6. The Kier molecular flexibility index (Phi) is 7.31. The molecule has 8 atom stereocenters. The van der Waals surface area contributed by atoms with Crippen molar-refractivity contribution < 1.29 is 19.8 Å². The number of allylic oxidation sites excluding steroid dienone is 4. The molecule has 6 aliphatic carbocycles. The number of carbonyl (C=O) groups is 2. The van der Waals surface area contributed by atoms with E-state index in [2.05, 4.69) is 44.3 Å². The Morgan fingerprint density at radius 1 is 0.978 bits per heavy atom. The highest BCUT2D eigenvalue weighted by Crippen LogP contribution is 2.78. The van der Waals surface area contributed by atoms with Crippen LogP contribution in [0.1, 0.15) is 86.7 Å². The van der Waals surface area contributed by atoms with Crippen LogP contribution in [0.2, 0.25) is 0 Å². The third kappa shape index (κ3) is 4.33. The Hall–Kier alpha value is -2.74. The molecule has 3 saturated carbocycles. The van der Waals surface area contributed by atoms with E-state index in [0.29, 0.717) is 19.4 Å². The number of urea groups is 1. The molecule has 6 aliphatic rings. The quantitative estimate of drug-likeness (QED) is 0.216. The van der Waals surface area contributed by atoms with Crippen molar-refractivity contribution in [2.24, 2.45) is 33.5 Å². The van der Waals surface area contributed by atoms with Gasteiger partial charge >= 0.3 is 6.03 Å². The molecule has 0 aliphatic heterocycles. The Bertz CT molecular complexity index is 1570. The van der Waals surface area contributed by atoms with Crippen molar-refractivity contribution >= 4 is 28.8 Å². The third-order valence-corrected chi connectivity index (χ3v) is 14.2. The molecule has 1 aromatic heterocycles. The molecule has 1 heterocycles. The monoisotopic (exact) mass is 628 g/mol. The number of fused-ring (bicyclic) bond motifs is 1. The minimum atomic E-state index is -1.09. The van der Waals surface area contributed by atoms with Crippen LogP contribution in [0.25, 0.3) is 0 Å². The van der Waals surface area contributed by atoms with Crippen LogP contribution >= 0.6 is 11.3 Å². The van der Waals surface area contributed by atoms with Gasteiger partial charge in [0.2, 0.25) is 0 Å². The maximum atomic E-state index is 14.6. The van der Waals surface area contributed by atoms with E-state index in [-0.39, 0.29) is 47.1 Å². The smallest absolute Gasteiger partial charge is 0.321 e. The molecule has 7 heteroatoms. The van der Waals surface area contributed by atoms with Gasteiger partial charge in [0.05, 0.1) is 23.1 Å². The number of benzene rings is 1. The van der Waals surface area contributed by atoms with Crippen molar-refractivity contribution in [2.45, 2.75) is 90.8 Å². The Balaban J connectivity index is 1.28. The van der Waals surface area contributed by atoms with Crippen molar-refractivity contribution in [3.63, 3.8) is 0 Å². The lowest BCUT2D eigenvalue weighted by Gasteiger charge is -2.71. The molecular weight excluding hydrogens is 580 g/mol. The number of aryl methyl sites for hydroxylation is 1. The summed E-state index contributed by atoms with van der Waals surface area (Å²) in [6.07, 6.45) is 12.9. The molecule has 2 amide bonds. The average molecular weight is 629 g/mol. The van der Waals surface area contributed by atoms with Crippen LogP contribution in [-0.4, -0.2) is 51.7 Å². The van der Waals surface area contributed by atoms with Crippen molar-refractivity contribution in [3.05, 3.63) is 76.0 Å². The normalized spacial score (nSPS) is 39.4. The zero-order valence-corrected chi connectivity index (χ0v) is 28.0. The first-order valence-electron chi connectivity index (χ1n) is 17.0. The van der Waals surface area contributed by atoms with Gasteiger partial charge in [0.25, 0.3) is 0 Å². The summed E-state index contributed by atoms with van der Waals surface area (Å²) in [5.74, 6) is 0.420. The summed E-state index contributed by atoms with van der Waals surface area (Å²) in [5, 5.41) is 26.7. The van der Waals surface area contributed by atoms with Crippen LogP contribution in [0.5, 0.6) is 0 Å². The second-order valence-electron chi connectivity index (χ2n) is 15.3. The molecule has 240 valence electrons. The second-order valence-corrected chi connectivity index (χ2v) is 16.6. The van der Waals surface area contributed by atoms with E-state index in [1.165, 1.54) is 0 Å². The highest BCUT2D eigenvalue weighted by Gasteiger charge is 2.74. The van der Waals surface area contributed by atoms with Crippen molar-refractivity contribution in [1.82, 2.24) is 4.90 Å². The number of ketones is 1. The Morgan fingerprint density at radius 2 is 1.69 bits per heavy atom. The number of anilines is 1. The van der Waals surface area contributed by atoms with Gasteiger partial charge in [-0.25, -0.2) is 4.79 Å². The number of aliphatic hydroxyl groups excluding tert-OH is 1. The van der Waals surface area contributed by atoms with Gasteiger partial charge in [-0.2, -0.15) is 0 Å². The summed E-state index contributed by atoms with van der Waals surface area (Å²) in [6, 6.07) is 13.3. The molecule has 2 bridgehead atoms. The number of carbonyl (C=O) groups excluding carboxylic acids is 2. The van der Waals surface area contributed by atoms with E-state index in [1.807, 2.05) is 49.4 Å². The summed E-state index contributed by atoms with van der Waals surface area (Å²) in [4.78, 5) is 31.9. The van der Waals surface area contributed by atoms with E-state index in [1.54, 1.807) is 16.2 Å². The summed E-state index contributed by atoms with van der Waals surface area (Å²) in [6.45, 7) is 9.58. The number of nitrogens with zero attached hydrogens (tertiary/aromatic N) is 1. The SMILES string of the molecule is CCCN(CC1(O)CCC2C34C=CC5(C=C3C(=O)c3ccc(C)s3)CC(O)CCC5(C)C4CCC21C)C(=O)Nc1ccccc1. The minimum Gasteiger partial charge on any atom is -0.393 e. The maximum absolute atomic E-state index is 14.6. The first-order chi connectivity index (χ1) is 21.4. The maximum Gasteiger partial charge on any atom is 0.321 e. The average Bonchev–Trinajstić information content (AvgIpc) is 3.57. The Labute approximate surface area is 271 Å². The summed E-state index contributed by atoms with van der Waals surface area (Å²) in [7, 11) is 0. The highest BCUT2D eigenvalue weighted by atomic mass is 32.1. The zero-order chi connectivity index (χ0) is 31.8. The zero-order valence-electron chi connectivity index (χ0n) is 27.1. The first-order valence-corrected chi connectivity index (χ1v) is 17.8. The molecule has 2 spiro atoms. The fourth-order valence-electron chi connectivity index (χ4n) is 10.8. The van der Waals surface area contributed by atoms with Crippen LogP contribution in [0.3, 0.4) is 0 Å². The number of thiophene rings is 1. The van der Waals surface area contributed by atoms with Gasteiger partial charge in [-0.3, -0.25) is 4.79 Å².